The summed E-state index contributed by atoms with van der Waals surface area (Å²) < 4.78 is 1.84. The molecule has 0 saturated heterocycles. The third-order valence-electron chi connectivity index (χ3n) is 2.88. The molecule has 2 aromatic heterocycles. The molecule has 4 heteroatoms. The van der Waals surface area contributed by atoms with Gasteiger partial charge in [0.25, 0.3) is 0 Å². The van der Waals surface area contributed by atoms with Crippen LogP contribution in [0.3, 0.4) is 0 Å². The third-order valence-corrected chi connectivity index (χ3v) is 2.88. The van der Waals surface area contributed by atoms with Crippen molar-refractivity contribution in [1.29, 1.82) is 0 Å². The summed E-state index contributed by atoms with van der Waals surface area (Å²) in [6.45, 7) is 5.15. The minimum atomic E-state index is 0.146. The van der Waals surface area contributed by atoms with Crippen LogP contribution in [0.1, 0.15) is 36.3 Å². The van der Waals surface area contributed by atoms with Gasteiger partial charge < -0.3 is 5.32 Å². The van der Waals surface area contributed by atoms with Crippen LogP contribution in [0, 0.1) is 6.92 Å². The highest BCUT2D eigenvalue weighted by molar-refractivity contribution is 5.27. The van der Waals surface area contributed by atoms with Crippen LogP contribution >= 0.6 is 0 Å². The van der Waals surface area contributed by atoms with Crippen LogP contribution in [0.25, 0.3) is 0 Å². The van der Waals surface area contributed by atoms with Crippen molar-refractivity contribution in [1.82, 2.24) is 20.1 Å². The lowest BCUT2D eigenvalue weighted by molar-refractivity contribution is 0.574. The highest BCUT2D eigenvalue weighted by Crippen LogP contribution is 2.20. The van der Waals surface area contributed by atoms with Crippen LogP contribution in [-0.2, 0) is 7.05 Å². The van der Waals surface area contributed by atoms with Crippen molar-refractivity contribution in [3.8, 4) is 0 Å². The van der Waals surface area contributed by atoms with E-state index in [1.807, 2.05) is 31.0 Å². The van der Waals surface area contributed by atoms with Gasteiger partial charge in [-0.3, -0.25) is 9.67 Å². The van der Waals surface area contributed by atoms with E-state index in [1.165, 1.54) is 5.56 Å². The largest absolute Gasteiger partial charge is 0.305 e. The van der Waals surface area contributed by atoms with Gasteiger partial charge in [-0.25, -0.2) is 0 Å². The smallest absolute Gasteiger partial charge is 0.0839 e. The van der Waals surface area contributed by atoms with E-state index >= 15 is 0 Å². The van der Waals surface area contributed by atoms with Gasteiger partial charge in [0.1, 0.15) is 0 Å². The number of nitrogens with one attached hydrogen (secondary N) is 1. The number of aromatic nitrogens is 3. The topological polar surface area (TPSA) is 42.7 Å². The van der Waals surface area contributed by atoms with Crippen molar-refractivity contribution in [2.45, 2.75) is 26.3 Å². The second-order valence-corrected chi connectivity index (χ2v) is 4.53. The summed E-state index contributed by atoms with van der Waals surface area (Å²) in [6, 6.07) is 6.37. The molecule has 0 amide bonds. The summed E-state index contributed by atoms with van der Waals surface area (Å²) in [5.41, 5.74) is 3.30. The first-order valence-electron chi connectivity index (χ1n) is 6.36. The molecule has 0 aromatic carbocycles. The Labute approximate surface area is 108 Å². The Balaban J connectivity index is 2.30. The molecule has 0 spiro atoms. The molecule has 0 saturated carbocycles. The fourth-order valence-electron chi connectivity index (χ4n) is 2.02. The second kappa shape index (κ2) is 5.78. The average Bonchev–Trinajstić information content (AvgIpc) is 2.76. The quantitative estimate of drug-likeness (QED) is 0.877. The highest BCUT2D eigenvalue weighted by atomic mass is 15.3. The van der Waals surface area contributed by atoms with Gasteiger partial charge >= 0.3 is 0 Å². The van der Waals surface area contributed by atoms with Crippen LogP contribution in [0.5, 0.6) is 0 Å². The van der Waals surface area contributed by atoms with Gasteiger partial charge in [0.2, 0.25) is 0 Å². The lowest BCUT2D eigenvalue weighted by atomic mass is 10.0. The zero-order valence-corrected chi connectivity index (χ0v) is 11.2. The zero-order chi connectivity index (χ0) is 13.0. The standard InChI is InChI=1S/C14H20N4/c1-4-7-16-14(13-6-9-18(3)17-13)12-5-8-15-11(2)10-12/h5-6,8-10,14,16H,4,7H2,1-3H3. The predicted molar refractivity (Wildman–Crippen MR) is 72.3 cm³/mol. The normalized spacial score (nSPS) is 12.6. The Morgan fingerprint density at radius 3 is 2.83 bits per heavy atom. The van der Waals surface area contributed by atoms with E-state index in [2.05, 4.69) is 40.5 Å². The summed E-state index contributed by atoms with van der Waals surface area (Å²) >= 11 is 0. The number of pyridine rings is 1. The van der Waals surface area contributed by atoms with Crippen molar-refractivity contribution in [3.63, 3.8) is 0 Å². The van der Waals surface area contributed by atoms with Crippen LogP contribution in [0.4, 0.5) is 0 Å². The summed E-state index contributed by atoms with van der Waals surface area (Å²) in [5.74, 6) is 0. The molecule has 2 aromatic rings. The molecule has 0 aliphatic rings. The van der Waals surface area contributed by atoms with Gasteiger partial charge in [0.15, 0.2) is 0 Å². The fourth-order valence-corrected chi connectivity index (χ4v) is 2.02. The molecule has 18 heavy (non-hydrogen) atoms. The lowest BCUT2D eigenvalue weighted by Crippen LogP contribution is -2.24. The average molecular weight is 244 g/mol. The third kappa shape index (κ3) is 2.96. The molecule has 2 heterocycles. The molecular formula is C14H20N4. The molecule has 1 atom stereocenters. The van der Waals surface area contributed by atoms with Crippen molar-refractivity contribution < 1.29 is 0 Å². The highest BCUT2D eigenvalue weighted by Gasteiger charge is 2.15. The lowest BCUT2D eigenvalue weighted by Gasteiger charge is -2.17. The van der Waals surface area contributed by atoms with Crippen LogP contribution in [0.15, 0.2) is 30.6 Å². The summed E-state index contributed by atoms with van der Waals surface area (Å²) in [7, 11) is 1.94. The van der Waals surface area contributed by atoms with Gasteiger partial charge in [0.05, 0.1) is 11.7 Å². The Morgan fingerprint density at radius 1 is 1.39 bits per heavy atom. The maximum Gasteiger partial charge on any atom is 0.0839 e. The maximum atomic E-state index is 4.50. The minimum Gasteiger partial charge on any atom is -0.305 e. The van der Waals surface area contributed by atoms with Gasteiger partial charge in [-0.1, -0.05) is 6.92 Å². The Kier molecular flexibility index (Phi) is 4.10. The molecule has 1 N–H and O–H groups in total. The molecule has 96 valence electrons. The SMILES string of the molecule is CCCNC(c1ccnc(C)c1)c1ccn(C)n1. The second-order valence-electron chi connectivity index (χ2n) is 4.53. The van der Waals surface area contributed by atoms with E-state index in [-0.39, 0.29) is 6.04 Å². The number of hydrogen-bond donors (Lipinski definition) is 1. The van der Waals surface area contributed by atoms with Crippen molar-refractivity contribution in [3.05, 3.63) is 47.5 Å². The van der Waals surface area contributed by atoms with Crippen molar-refractivity contribution in [2.75, 3.05) is 6.54 Å². The molecule has 0 radical (unpaired) electrons. The maximum absolute atomic E-state index is 4.50. The first-order valence-corrected chi connectivity index (χ1v) is 6.36. The minimum absolute atomic E-state index is 0.146. The number of rotatable bonds is 5. The molecular weight excluding hydrogens is 224 g/mol. The number of nitrogens with zero attached hydrogens (tertiary/aromatic N) is 3. The van der Waals surface area contributed by atoms with E-state index in [1.54, 1.807) is 0 Å². The van der Waals surface area contributed by atoms with Gasteiger partial charge in [-0.15, -0.1) is 0 Å². The Hall–Kier alpha value is -1.68. The van der Waals surface area contributed by atoms with Crippen LogP contribution in [0.2, 0.25) is 0 Å². The zero-order valence-electron chi connectivity index (χ0n) is 11.2. The molecule has 0 aliphatic heterocycles. The predicted octanol–water partition coefficient (Wildman–Crippen LogP) is 2.21. The molecule has 4 nitrogen and oxygen atoms in total. The fraction of sp³-hybridized carbons (Fsp3) is 0.429. The summed E-state index contributed by atoms with van der Waals surface area (Å²) in [5, 5.41) is 8.04. The molecule has 2 rings (SSSR count). The van der Waals surface area contributed by atoms with Gasteiger partial charge in [0, 0.05) is 25.1 Å². The Bertz CT molecular complexity index is 504. The Morgan fingerprint density at radius 2 is 2.22 bits per heavy atom. The monoisotopic (exact) mass is 244 g/mol. The van der Waals surface area contributed by atoms with E-state index in [0.717, 1.165) is 24.4 Å². The van der Waals surface area contributed by atoms with Gasteiger partial charge in [-0.2, -0.15) is 5.10 Å². The number of hydrogen-bond acceptors (Lipinski definition) is 3. The first kappa shape index (κ1) is 12.8. The molecule has 0 aliphatic carbocycles. The van der Waals surface area contributed by atoms with E-state index in [9.17, 15) is 0 Å². The first-order chi connectivity index (χ1) is 8.70. The summed E-state index contributed by atoms with van der Waals surface area (Å²) in [6.07, 6.45) is 4.94. The van der Waals surface area contributed by atoms with Gasteiger partial charge in [-0.05, 0) is 43.7 Å². The molecule has 1 unspecified atom stereocenters. The number of aryl methyl sites for hydroxylation is 2. The van der Waals surface area contributed by atoms with E-state index in [4.69, 9.17) is 0 Å². The van der Waals surface area contributed by atoms with Crippen LogP contribution in [-0.4, -0.2) is 21.3 Å². The van der Waals surface area contributed by atoms with Crippen molar-refractivity contribution >= 4 is 0 Å². The van der Waals surface area contributed by atoms with Crippen LogP contribution < -0.4 is 5.32 Å². The van der Waals surface area contributed by atoms with Crippen molar-refractivity contribution in [2.24, 2.45) is 7.05 Å². The summed E-state index contributed by atoms with van der Waals surface area (Å²) in [4.78, 5) is 4.25. The van der Waals surface area contributed by atoms with E-state index in [0.29, 0.717) is 0 Å². The molecule has 0 bridgehead atoms. The molecule has 0 fully saturated rings. The van der Waals surface area contributed by atoms with E-state index < -0.39 is 0 Å².